The van der Waals surface area contributed by atoms with Crippen LogP contribution in [0.1, 0.15) is 31.9 Å². The number of nitrogens with one attached hydrogen (secondary N) is 2. The third-order valence-corrected chi connectivity index (χ3v) is 3.94. The fourth-order valence-electron chi connectivity index (χ4n) is 2.32. The van der Waals surface area contributed by atoms with Gasteiger partial charge in [0.1, 0.15) is 5.75 Å². The van der Waals surface area contributed by atoms with E-state index < -0.39 is 5.41 Å². The summed E-state index contributed by atoms with van der Waals surface area (Å²) in [5, 5.41) is 5.72. The molecule has 0 heterocycles. The van der Waals surface area contributed by atoms with Crippen LogP contribution in [0.2, 0.25) is 0 Å². The Hall–Kier alpha value is -2.82. The standard InChI is InChI=1S/C21H26N2O3/c1-14-6-7-15(12-18(14)26-5)13-19(24)22-16-8-10-17(11-9-16)23-20(25)21(2,3)4/h6-12H,13H2,1-5H3,(H,22,24)(H,23,25). The lowest BCUT2D eigenvalue weighted by Gasteiger charge is -2.17. The topological polar surface area (TPSA) is 67.4 Å². The summed E-state index contributed by atoms with van der Waals surface area (Å²) in [7, 11) is 1.62. The van der Waals surface area contributed by atoms with Crippen molar-refractivity contribution in [1.29, 1.82) is 0 Å². The Balaban J connectivity index is 1.96. The molecular formula is C21H26N2O3. The number of hydrogen-bond acceptors (Lipinski definition) is 3. The van der Waals surface area contributed by atoms with E-state index in [2.05, 4.69) is 10.6 Å². The molecule has 0 fully saturated rings. The van der Waals surface area contributed by atoms with Crippen molar-refractivity contribution in [2.24, 2.45) is 5.41 Å². The fourth-order valence-corrected chi connectivity index (χ4v) is 2.32. The molecule has 2 N–H and O–H groups in total. The molecule has 2 aromatic carbocycles. The van der Waals surface area contributed by atoms with Gasteiger partial charge in [0.15, 0.2) is 0 Å². The van der Waals surface area contributed by atoms with Crippen molar-refractivity contribution in [2.75, 3.05) is 17.7 Å². The van der Waals surface area contributed by atoms with Crippen molar-refractivity contribution in [3.05, 3.63) is 53.6 Å². The first kappa shape index (κ1) is 19.5. The second kappa shape index (κ2) is 8.04. The number of anilines is 2. The first-order valence-electron chi connectivity index (χ1n) is 8.54. The van der Waals surface area contributed by atoms with Gasteiger partial charge in [-0.2, -0.15) is 0 Å². The third kappa shape index (κ3) is 5.34. The van der Waals surface area contributed by atoms with Gasteiger partial charge in [0.05, 0.1) is 13.5 Å². The largest absolute Gasteiger partial charge is 0.496 e. The summed E-state index contributed by atoms with van der Waals surface area (Å²) in [6.07, 6.45) is 0.263. The zero-order valence-corrected chi connectivity index (χ0v) is 16.0. The lowest BCUT2D eigenvalue weighted by molar-refractivity contribution is -0.123. The van der Waals surface area contributed by atoms with Crippen molar-refractivity contribution in [3.8, 4) is 5.75 Å². The van der Waals surface area contributed by atoms with E-state index in [4.69, 9.17) is 4.74 Å². The highest BCUT2D eigenvalue weighted by atomic mass is 16.5. The smallest absolute Gasteiger partial charge is 0.229 e. The zero-order valence-electron chi connectivity index (χ0n) is 16.0. The van der Waals surface area contributed by atoms with Gasteiger partial charge in [-0.05, 0) is 48.4 Å². The van der Waals surface area contributed by atoms with Gasteiger partial charge in [-0.15, -0.1) is 0 Å². The monoisotopic (exact) mass is 354 g/mol. The number of ether oxygens (including phenoxy) is 1. The predicted molar refractivity (Wildman–Crippen MR) is 105 cm³/mol. The molecular weight excluding hydrogens is 328 g/mol. The van der Waals surface area contributed by atoms with E-state index in [0.717, 1.165) is 16.9 Å². The van der Waals surface area contributed by atoms with Crippen LogP contribution in [0.4, 0.5) is 11.4 Å². The van der Waals surface area contributed by atoms with Gasteiger partial charge in [0.25, 0.3) is 0 Å². The van der Waals surface area contributed by atoms with Gasteiger partial charge in [-0.3, -0.25) is 9.59 Å². The summed E-state index contributed by atoms with van der Waals surface area (Å²) in [5.41, 5.74) is 2.85. The van der Waals surface area contributed by atoms with Gasteiger partial charge < -0.3 is 15.4 Å². The molecule has 26 heavy (non-hydrogen) atoms. The zero-order chi connectivity index (χ0) is 19.3. The highest BCUT2D eigenvalue weighted by Gasteiger charge is 2.21. The van der Waals surface area contributed by atoms with E-state index in [1.165, 1.54) is 0 Å². The quantitative estimate of drug-likeness (QED) is 0.847. The predicted octanol–water partition coefficient (Wildman–Crippen LogP) is 4.17. The van der Waals surface area contributed by atoms with Crippen LogP contribution in [-0.2, 0) is 16.0 Å². The van der Waals surface area contributed by atoms with Crippen molar-refractivity contribution in [3.63, 3.8) is 0 Å². The molecule has 0 radical (unpaired) electrons. The van der Waals surface area contributed by atoms with Crippen LogP contribution in [0.3, 0.4) is 0 Å². The Labute approximate surface area is 154 Å². The number of benzene rings is 2. The molecule has 0 atom stereocenters. The molecule has 138 valence electrons. The Morgan fingerprint density at radius 1 is 0.962 bits per heavy atom. The van der Waals surface area contributed by atoms with Gasteiger partial charge in [0.2, 0.25) is 11.8 Å². The fraction of sp³-hybridized carbons (Fsp3) is 0.333. The number of methoxy groups -OCH3 is 1. The molecule has 0 unspecified atom stereocenters. The van der Waals surface area contributed by atoms with Crippen molar-refractivity contribution < 1.29 is 14.3 Å². The molecule has 0 saturated carbocycles. The maximum atomic E-state index is 12.2. The van der Waals surface area contributed by atoms with Crippen molar-refractivity contribution in [2.45, 2.75) is 34.1 Å². The summed E-state index contributed by atoms with van der Waals surface area (Å²) in [4.78, 5) is 24.2. The lowest BCUT2D eigenvalue weighted by atomic mass is 9.95. The molecule has 0 aliphatic heterocycles. The molecule has 5 heteroatoms. The number of rotatable bonds is 5. The van der Waals surface area contributed by atoms with Gasteiger partial charge in [-0.1, -0.05) is 32.9 Å². The number of aryl methyl sites for hydroxylation is 1. The molecule has 2 aromatic rings. The van der Waals surface area contributed by atoms with Gasteiger partial charge >= 0.3 is 0 Å². The van der Waals surface area contributed by atoms with Crippen LogP contribution < -0.4 is 15.4 Å². The summed E-state index contributed by atoms with van der Waals surface area (Å²) in [6, 6.07) is 12.8. The first-order chi connectivity index (χ1) is 12.2. The minimum Gasteiger partial charge on any atom is -0.496 e. The van der Waals surface area contributed by atoms with Crippen LogP contribution >= 0.6 is 0 Å². The minimum absolute atomic E-state index is 0.0531. The number of hydrogen-bond donors (Lipinski definition) is 2. The Kier molecular flexibility index (Phi) is 6.03. The minimum atomic E-state index is -0.456. The van der Waals surface area contributed by atoms with Crippen LogP contribution in [-0.4, -0.2) is 18.9 Å². The Bertz CT molecular complexity index is 790. The highest BCUT2D eigenvalue weighted by Crippen LogP contribution is 2.21. The summed E-state index contributed by atoms with van der Waals surface area (Å²) in [5.74, 6) is 0.610. The van der Waals surface area contributed by atoms with Crippen LogP contribution in [0.15, 0.2) is 42.5 Å². The molecule has 2 amide bonds. The Morgan fingerprint density at radius 3 is 2.08 bits per heavy atom. The molecule has 5 nitrogen and oxygen atoms in total. The third-order valence-electron chi connectivity index (χ3n) is 3.94. The van der Waals surface area contributed by atoms with Gasteiger partial charge in [0, 0.05) is 16.8 Å². The summed E-state index contributed by atoms with van der Waals surface area (Å²) in [6.45, 7) is 7.54. The van der Waals surface area contributed by atoms with Crippen LogP contribution in [0.25, 0.3) is 0 Å². The molecule has 0 aliphatic rings. The maximum absolute atomic E-state index is 12.2. The van der Waals surface area contributed by atoms with Crippen molar-refractivity contribution in [1.82, 2.24) is 0 Å². The number of amides is 2. The van der Waals surface area contributed by atoms with Crippen LogP contribution in [0.5, 0.6) is 5.75 Å². The second-order valence-corrected chi connectivity index (χ2v) is 7.31. The van der Waals surface area contributed by atoms with E-state index in [1.807, 2.05) is 45.9 Å². The lowest BCUT2D eigenvalue weighted by Crippen LogP contribution is -2.27. The molecule has 0 aliphatic carbocycles. The van der Waals surface area contributed by atoms with Crippen molar-refractivity contribution >= 4 is 23.2 Å². The molecule has 0 saturated heterocycles. The maximum Gasteiger partial charge on any atom is 0.229 e. The first-order valence-corrected chi connectivity index (χ1v) is 8.54. The molecule has 0 bridgehead atoms. The Morgan fingerprint density at radius 2 is 1.54 bits per heavy atom. The molecule has 0 spiro atoms. The second-order valence-electron chi connectivity index (χ2n) is 7.31. The molecule has 0 aromatic heterocycles. The summed E-state index contributed by atoms with van der Waals surface area (Å²) >= 11 is 0. The van der Waals surface area contributed by atoms with E-state index in [1.54, 1.807) is 31.4 Å². The van der Waals surface area contributed by atoms with E-state index >= 15 is 0 Å². The summed E-state index contributed by atoms with van der Waals surface area (Å²) < 4.78 is 5.29. The number of carbonyl (C=O) groups is 2. The van der Waals surface area contributed by atoms with E-state index in [0.29, 0.717) is 11.4 Å². The molecule has 2 rings (SSSR count). The van der Waals surface area contributed by atoms with Crippen LogP contribution in [0, 0.1) is 12.3 Å². The van der Waals surface area contributed by atoms with Gasteiger partial charge in [-0.25, -0.2) is 0 Å². The number of carbonyl (C=O) groups excluding carboxylic acids is 2. The SMILES string of the molecule is COc1cc(CC(=O)Nc2ccc(NC(=O)C(C)(C)C)cc2)ccc1C. The average molecular weight is 354 g/mol. The van der Waals surface area contributed by atoms with E-state index in [-0.39, 0.29) is 18.2 Å². The van der Waals surface area contributed by atoms with E-state index in [9.17, 15) is 9.59 Å². The average Bonchev–Trinajstić information content (AvgIpc) is 2.57. The highest BCUT2D eigenvalue weighted by molar-refractivity contribution is 5.95. The normalized spacial score (nSPS) is 11.0.